The zero-order valence-corrected chi connectivity index (χ0v) is 16.2. The van der Waals surface area contributed by atoms with Gasteiger partial charge in [-0.1, -0.05) is 36.4 Å². The molecular formula is C21H17F3N2O2S. The Kier molecular flexibility index (Phi) is 6.03. The average molecular weight is 418 g/mol. The van der Waals surface area contributed by atoms with Gasteiger partial charge >= 0.3 is 6.18 Å². The molecule has 0 fully saturated rings. The van der Waals surface area contributed by atoms with Gasteiger partial charge < -0.3 is 10.6 Å². The molecular weight excluding hydrogens is 401 g/mol. The Morgan fingerprint density at radius 1 is 1.00 bits per heavy atom. The maximum atomic E-state index is 13.6. The number of nitrogens with one attached hydrogen (secondary N) is 2. The summed E-state index contributed by atoms with van der Waals surface area (Å²) in [5.74, 6) is -0.702. The van der Waals surface area contributed by atoms with Crippen molar-refractivity contribution < 1.29 is 22.8 Å². The summed E-state index contributed by atoms with van der Waals surface area (Å²) in [6.45, 7) is 1.68. The summed E-state index contributed by atoms with van der Waals surface area (Å²) in [6, 6.07) is 15.3. The van der Waals surface area contributed by atoms with Crippen LogP contribution in [0.3, 0.4) is 0 Å². The number of rotatable bonds is 5. The highest BCUT2D eigenvalue weighted by Gasteiger charge is 2.34. The molecule has 0 bridgehead atoms. The molecule has 0 saturated carbocycles. The Hall–Kier alpha value is -3.13. The minimum Gasteiger partial charge on any atom is -0.351 e. The summed E-state index contributed by atoms with van der Waals surface area (Å²) in [6.07, 6.45) is -4.57. The number of hydrogen-bond acceptors (Lipinski definition) is 3. The number of thiophene rings is 1. The number of carbonyl (C=O) groups is 2. The Labute approximate surface area is 169 Å². The molecule has 150 valence electrons. The number of hydrogen-bond donors (Lipinski definition) is 2. The Balaban J connectivity index is 1.83. The average Bonchev–Trinajstić information content (AvgIpc) is 3.15. The van der Waals surface area contributed by atoms with Gasteiger partial charge in [-0.05, 0) is 35.4 Å². The highest BCUT2D eigenvalue weighted by Crippen LogP contribution is 2.38. The molecule has 0 aliphatic rings. The van der Waals surface area contributed by atoms with Crippen molar-refractivity contribution in [2.45, 2.75) is 19.6 Å². The van der Waals surface area contributed by atoms with E-state index in [-0.39, 0.29) is 23.7 Å². The van der Waals surface area contributed by atoms with Crippen LogP contribution in [0.2, 0.25) is 0 Å². The van der Waals surface area contributed by atoms with Gasteiger partial charge in [0.1, 0.15) is 0 Å². The van der Waals surface area contributed by atoms with E-state index in [1.54, 1.807) is 42.5 Å². The molecule has 1 aromatic heterocycles. The molecule has 29 heavy (non-hydrogen) atoms. The molecule has 0 spiro atoms. The van der Waals surface area contributed by atoms with E-state index in [9.17, 15) is 22.8 Å². The molecule has 0 aliphatic heterocycles. The molecule has 3 rings (SSSR count). The van der Waals surface area contributed by atoms with Crippen LogP contribution in [-0.2, 0) is 17.5 Å². The van der Waals surface area contributed by atoms with Crippen LogP contribution in [0.1, 0.15) is 27.0 Å². The summed E-state index contributed by atoms with van der Waals surface area (Å²) in [5.41, 5.74) is -0.277. The molecule has 0 radical (unpaired) electrons. The molecule has 4 nitrogen and oxygen atoms in total. The van der Waals surface area contributed by atoms with Crippen molar-refractivity contribution in [2.75, 3.05) is 5.32 Å². The van der Waals surface area contributed by atoms with Crippen LogP contribution in [0, 0.1) is 0 Å². The van der Waals surface area contributed by atoms with Crippen molar-refractivity contribution >= 4 is 28.8 Å². The molecule has 2 N–H and O–H groups in total. The minimum absolute atomic E-state index is 0.0461. The Morgan fingerprint density at radius 3 is 2.38 bits per heavy atom. The van der Waals surface area contributed by atoms with Crippen molar-refractivity contribution in [1.82, 2.24) is 5.32 Å². The number of carbonyl (C=O) groups excluding carboxylic acids is 2. The topological polar surface area (TPSA) is 58.2 Å². The molecule has 0 atom stereocenters. The number of anilines is 1. The first-order valence-electron chi connectivity index (χ1n) is 8.65. The van der Waals surface area contributed by atoms with Crippen molar-refractivity contribution in [3.63, 3.8) is 0 Å². The van der Waals surface area contributed by atoms with Crippen LogP contribution >= 0.6 is 11.3 Å². The summed E-state index contributed by atoms with van der Waals surface area (Å²) in [4.78, 5) is 24.5. The lowest BCUT2D eigenvalue weighted by Gasteiger charge is -2.15. The largest absolute Gasteiger partial charge is 0.417 e. The van der Waals surface area contributed by atoms with Gasteiger partial charge in [0, 0.05) is 17.5 Å². The lowest BCUT2D eigenvalue weighted by molar-refractivity contribution is -0.137. The second-order valence-corrected chi connectivity index (χ2v) is 7.42. The zero-order valence-electron chi connectivity index (χ0n) is 15.3. The molecule has 0 aliphatic carbocycles. The van der Waals surface area contributed by atoms with Crippen LogP contribution in [0.15, 0.2) is 60.7 Å². The minimum atomic E-state index is -4.57. The number of alkyl halides is 3. The van der Waals surface area contributed by atoms with Gasteiger partial charge in [-0.25, -0.2) is 0 Å². The van der Waals surface area contributed by atoms with E-state index in [2.05, 4.69) is 10.6 Å². The number of halogens is 3. The van der Waals surface area contributed by atoms with Crippen LogP contribution in [-0.4, -0.2) is 11.8 Å². The van der Waals surface area contributed by atoms with Gasteiger partial charge in [0.15, 0.2) is 0 Å². The standard InChI is InChI=1S/C21H17F3N2O2S/c1-13(27)25-12-16-8-10-19(29-16)20(28)26-15-7-9-17(14-5-3-2-4-6-14)18(11-15)21(22,23)24/h2-11H,12H2,1H3,(H,25,27)(H,26,28). The van der Waals surface area contributed by atoms with E-state index in [1.807, 2.05) is 0 Å². The third-order valence-corrected chi connectivity index (χ3v) is 5.15. The Bertz CT molecular complexity index is 1030. The van der Waals surface area contributed by atoms with Crippen LogP contribution in [0.5, 0.6) is 0 Å². The van der Waals surface area contributed by atoms with Gasteiger partial charge in [-0.3, -0.25) is 9.59 Å². The summed E-state index contributed by atoms with van der Waals surface area (Å²) >= 11 is 1.16. The van der Waals surface area contributed by atoms with E-state index in [0.717, 1.165) is 22.3 Å². The predicted octanol–water partition coefficient (Wildman–Crippen LogP) is 5.32. The van der Waals surface area contributed by atoms with Gasteiger partial charge in [0.2, 0.25) is 5.91 Å². The summed E-state index contributed by atoms with van der Waals surface area (Å²) in [5, 5.41) is 5.14. The van der Waals surface area contributed by atoms with Crippen LogP contribution < -0.4 is 10.6 Å². The van der Waals surface area contributed by atoms with E-state index in [0.29, 0.717) is 10.4 Å². The lowest BCUT2D eigenvalue weighted by Crippen LogP contribution is -2.18. The predicted molar refractivity (Wildman–Crippen MR) is 107 cm³/mol. The third kappa shape index (κ3) is 5.23. The SMILES string of the molecule is CC(=O)NCc1ccc(C(=O)Nc2ccc(-c3ccccc3)c(C(F)(F)F)c2)s1. The van der Waals surface area contributed by atoms with E-state index in [1.165, 1.54) is 19.1 Å². The first-order valence-corrected chi connectivity index (χ1v) is 9.47. The molecule has 2 aromatic carbocycles. The molecule has 2 amide bonds. The summed E-state index contributed by atoms with van der Waals surface area (Å²) < 4.78 is 40.7. The second kappa shape index (κ2) is 8.48. The van der Waals surface area contributed by atoms with Crippen LogP contribution in [0.25, 0.3) is 11.1 Å². The monoisotopic (exact) mass is 418 g/mol. The molecule has 8 heteroatoms. The fourth-order valence-electron chi connectivity index (χ4n) is 2.73. The van der Waals surface area contributed by atoms with Crippen molar-refractivity contribution in [3.8, 4) is 11.1 Å². The van der Waals surface area contributed by atoms with E-state index >= 15 is 0 Å². The van der Waals surface area contributed by atoms with Gasteiger partial charge in [0.25, 0.3) is 5.91 Å². The maximum absolute atomic E-state index is 13.6. The zero-order chi connectivity index (χ0) is 21.0. The van der Waals surface area contributed by atoms with E-state index < -0.39 is 17.6 Å². The van der Waals surface area contributed by atoms with Gasteiger partial charge in [0.05, 0.1) is 17.0 Å². The van der Waals surface area contributed by atoms with Crippen molar-refractivity contribution in [3.05, 3.63) is 76.0 Å². The highest BCUT2D eigenvalue weighted by molar-refractivity contribution is 7.14. The van der Waals surface area contributed by atoms with Crippen molar-refractivity contribution in [2.24, 2.45) is 0 Å². The van der Waals surface area contributed by atoms with E-state index in [4.69, 9.17) is 0 Å². The smallest absolute Gasteiger partial charge is 0.351 e. The molecule has 0 unspecified atom stereocenters. The summed E-state index contributed by atoms with van der Waals surface area (Å²) in [7, 11) is 0. The number of amides is 2. The highest BCUT2D eigenvalue weighted by atomic mass is 32.1. The molecule has 0 saturated heterocycles. The first kappa shape index (κ1) is 20.6. The second-order valence-electron chi connectivity index (χ2n) is 6.25. The number of benzene rings is 2. The molecule has 1 heterocycles. The van der Waals surface area contributed by atoms with Gasteiger partial charge in [-0.2, -0.15) is 13.2 Å². The Morgan fingerprint density at radius 2 is 1.72 bits per heavy atom. The van der Waals surface area contributed by atoms with Gasteiger partial charge in [-0.15, -0.1) is 11.3 Å². The van der Waals surface area contributed by atoms with Crippen molar-refractivity contribution in [1.29, 1.82) is 0 Å². The fourth-order valence-corrected chi connectivity index (χ4v) is 3.57. The molecule has 3 aromatic rings. The maximum Gasteiger partial charge on any atom is 0.417 e. The van der Waals surface area contributed by atoms with Crippen LogP contribution in [0.4, 0.5) is 18.9 Å². The normalized spacial score (nSPS) is 11.2. The first-order chi connectivity index (χ1) is 13.7. The lowest BCUT2D eigenvalue weighted by atomic mass is 9.98. The quantitative estimate of drug-likeness (QED) is 0.589. The fraction of sp³-hybridized carbons (Fsp3) is 0.143. The third-order valence-electron chi connectivity index (χ3n) is 4.06.